The zero-order valence-corrected chi connectivity index (χ0v) is 14.4. The fourth-order valence-electron chi connectivity index (χ4n) is 2.56. The van der Waals surface area contributed by atoms with Gasteiger partial charge in [0, 0.05) is 24.7 Å². The Kier molecular flexibility index (Phi) is 3.81. The maximum Gasteiger partial charge on any atom is 0.340 e. The Bertz CT molecular complexity index is 1050. The first-order valence-electron chi connectivity index (χ1n) is 7.58. The van der Waals surface area contributed by atoms with Crippen molar-refractivity contribution in [3.8, 4) is 10.6 Å². The van der Waals surface area contributed by atoms with Crippen LogP contribution in [0.1, 0.15) is 21.7 Å². The summed E-state index contributed by atoms with van der Waals surface area (Å²) in [6, 6.07) is 7.39. The summed E-state index contributed by atoms with van der Waals surface area (Å²) in [6.07, 6.45) is 1.49. The van der Waals surface area contributed by atoms with Crippen molar-refractivity contribution < 1.29 is 14.1 Å². The van der Waals surface area contributed by atoms with E-state index >= 15 is 0 Å². The first-order valence-corrected chi connectivity index (χ1v) is 8.46. The van der Waals surface area contributed by atoms with Crippen molar-refractivity contribution in [2.75, 3.05) is 0 Å². The van der Waals surface area contributed by atoms with E-state index in [1.54, 1.807) is 28.2 Å². The molecule has 8 heteroatoms. The summed E-state index contributed by atoms with van der Waals surface area (Å²) >= 11 is 1.56. The third-order valence-corrected chi connectivity index (χ3v) is 4.66. The highest BCUT2D eigenvalue weighted by Gasteiger charge is 2.14. The fourth-order valence-corrected chi connectivity index (χ4v) is 3.23. The molecule has 0 amide bonds. The van der Waals surface area contributed by atoms with E-state index in [-0.39, 0.29) is 6.61 Å². The van der Waals surface area contributed by atoms with E-state index in [2.05, 4.69) is 15.2 Å². The SMILES string of the molecule is Cc1nn(C)c2ncc(C(=O)OCc3cc(-c4cccs4)on3)cc12. The van der Waals surface area contributed by atoms with E-state index in [0.717, 1.165) is 21.6 Å². The van der Waals surface area contributed by atoms with Gasteiger partial charge in [-0.25, -0.2) is 9.78 Å². The molecule has 0 bridgehead atoms. The molecule has 0 saturated heterocycles. The normalized spacial score (nSPS) is 11.1. The minimum atomic E-state index is -0.460. The van der Waals surface area contributed by atoms with Gasteiger partial charge in [0.1, 0.15) is 12.3 Å². The van der Waals surface area contributed by atoms with Crippen LogP contribution in [0.5, 0.6) is 0 Å². The van der Waals surface area contributed by atoms with Crippen molar-refractivity contribution in [3.05, 3.63) is 52.8 Å². The van der Waals surface area contributed by atoms with Gasteiger partial charge in [-0.2, -0.15) is 5.10 Å². The summed E-state index contributed by atoms with van der Waals surface area (Å²) in [6.45, 7) is 1.92. The highest BCUT2D eigenvalue weighted by atomic mass is 32.1. The van der Waals surface area contributed by atoms with Crippen LogP contribution in [0.3, 0.4) is 0 Å². The first kappa shape index (κ1) is 15.5. The van der Waals surface area contributed by atoms with Crippen LogP contribution >= 0.6 is 11.3 Å². The number of nitrogens with zero attached hydrogens (tertiary/aromatic N) is 4. The zero-order chi connectivity index (χ0) is 17.4. The van der Waals surface area contributed by atoms with E-state index in [9.17, 15) is 4.79 Å². The molecule has 4 aromatic rings. The lowest BCUT2D eigenvalue weighted by molar-refractivity contribution is 0.0464. The number of rotatable bonds is 4. The molecule has 25 heavy (non-hydrogen) atoms. The molecule has 0 N–H and O–H groups in total. The average molecular weight is 354 g/mol. The van der Waals surface area contributed by atoms with Crippen LogP contribution in [0.25, 0.3) is 21.7 Å². The largest absolute Gasteiger partial charge is 0.455 e. The maximum atomic E-state index is 12.3. The molecular weight excluding hydrogens is 340 g/mol. The number of hydrogen-bond acceptors (Lipinski definition) is 7. The Morgan fingerprint density at radius 2 is 2.28 bits per heavy atom. The molecule has 0 aromatic carbocycles. The van der Waals surface area contributed by atoms with Gasteiger partial charge in [0.2, 0.25) is 0 Å². The van der Waals surface area contributed by atoms with E-state index in [0.29, 0.717) is 17.0 Å². The molecule has 4 rings (SSSR count). The van der Waals surface area contributed by atoms with Gasteiger partial charge in [0.25, 0.3) is 0 Å². The van der Waals surface area contributed by atoms with Crippen molar-refractivity contribution in [1.29, 1.82) is 0 Å². The quantitative estimate of drug-likeness (QED) is 0.523. The summed E-state index contributed by atoms with van der Waals surface area (Å²) in [5, 5.41) is 11.0. The van der Waals surface area contributed by atoms with Gasteiger partial charge in [-0.3, -0.25) is 4.68 Å². The van der Waals surface area contributed by atoms with Gasteiger partial charge in [-0.1, -0.05) is 11.2 Å². The van der Waals surface area contributed by atoms with Crippen molar-refractivity contribution in [2.45, 2.75) is 13.5 Å². The van der Waals surface area contributed by atoms with E-state index < -0.39 is 5.97 Å². The standard InChI is InChI=1S/C17H14N4O3S/c1-10-13-6-11(8-18-16(13)21(2)19-10)17(22)23-9-12-7-14(24-20-12)15-4-3-5-25-15/h3-8H,9H2,1-2H3. The highest BCUT2D eigenvalue weighted by Crippen LogP contribution is 2.25. The van der Waals surface area contributed by atoms with Gasteiger partial charge >= 0.3 is 5.97 Å². The van der Waals surface area contributed by atoms with Crippen molar-refractivity contribution in [1.82, 2.24) is 19.9 Å². The lowest BCUT2D eigenvalue weighted by Gasteiger charge is -2.02. The van der Waals surface area contributed by atoms with Crippen molar-refractivity contribution in [2.24, 2.45) is 7.05 Å². The van der Waals surface area contributed by atoms with Crippen LogP contribution in [-0.2, 0) is 18.4 Å². The molecular formula is C17H14N4O3S. The van der Waals surface area contributed by atoms with Crippen molar-refractivity contribution in [3.63, 3.8) is 0 Å². The summed E-state index contributed by atoms with van der Waals surface area (Å²) in [5.41, 5.74) is 2.48. The lowest BCUT2D eigenvalue weighted by atomic mass is 10.2. The number of carbonyl (C=O) groups is 1. The topological polar surface area (TPSA) is 83.0 Å². The molecule has 0 aliphatic heterocycles. The predicted octanol–water partition coefficient (Wildman–Crippen LogP) is 3.35. The number of hydrogen-bond donors (Lipinski definition) is 0. The minimum absolute atomic E-state index is 0.0395. The van der Waals surface area contributed by atoms with Gasteiger partial charge in [-0.05, 0) is 24.4 Å². The fraction of sp³-hybridized carbons (Fsp3) is 0.176. The second kappa shape index (κ2) is 6.14. The Labute approximate surface area is 146 Å². The summed E-state index contributed by atoms with van der Waals surface area (Å²) < 4.78 is 12.3. The van der Waals surface area contributed by atoms with E-state index in [1.807, 2.05) is 31.5 Å². The molecule has 0 spiro atoms. The Morgan fingerprint density at radius 3 is 3.08 bits per heavy atom. The van der Waals surface area contributed by atoms with Gasteiger partial charge in [0.05, 0.1) is 16.1 Å². The summed E-state index contributed by atoms with van der Waals surface area (Å²) in [4.78, 5) is 17.5. The van der Waals surface area contributed by atoms with Crippen LogP contribution in [0.15, 0.2) is 40.4 Å². The molecule has 0 unspecified atom stereocenters. The second-order valence-corrected chi connectivity index (χ2v) is 6.49. The van der Waals surface area contributed by atoms with Crippen LogP contribution in [0, 0.1) is 6.92 Å². The summed E-state index contributed by atoms with van der Waals surface area (Å²) in [5.74, 6) is 0.202. The monoisotopic (exact) mass is 354 g/mol. The molecule has 4 heterocycles. The smallest absolute Gasteiger partial charge is 0.340 e. The second-order valence-electron chi connectivity index (χ2n) is 5.54. The van der Waals surface area contributed by atoms with Crippen molar-refractivity contribution >= 4 is 28.3 Å². The minimum Gasteiger partial charge on any atom is -0.455 e. The molecule has 0 atom stereocenters. The van der Waals surface area contributed by atoms with E-state index in [4.69, 9.17) is 9.26 Å². The summed E-state index contributed by atoms with van der Waals surface area (Å²) in [7, 11) is 1.82. The number of carbonyl (C=O) groups excluding carboxylic acids is 1. The lowest BCUT2D eigenvalue weighted by Crippen LogP contribution is -2.06. The Hall–Kier alpha value is -3.00. The van der Waals surface area contributed by atoms with Crippen LogP contribution in [0.2, 0.25) is 0 Å². The predicted molar refractivity (Wildman–Crippen MR) is 92.2 cm³/mol. The molecule has 0 aliphatic rings. The molecule has 4 aromatic heterocycles. The number of esters is 1. The van der Waals surface area contributed by atoms with Crippen LogP contribution < -0.4 is 0 Å². The van der Waals surface area contributed by atoms with Gasteiger partial charge in [-0.15, -0.1) is 11.3 Å². The molecule has 0 fully saturated rings. The molecule has 7 nitrogen and oxygen atoms in total. The Balaban J connectivity index is 1.48. The third kappa shape index (κ3) is 2.91. The number of ether oxygens (including phenoxy) is 1. The van der Waals surface area contributed by atoms with Gasteiger partial charge in [0.15, 0.2) is 11.4 Å². The highest BCUT2D eigenvalue weighted by molar-refractivity contribution is 7.13. The van der Waals surface area contributed by atoms with Crippen LogP contribution in [0.4, 0.5) is 0 Å². The maximum absolute atomic E-state index is 12.3. The molecule has 0 radical (unpaired) electrons. The Morgan fingerprint density at radius 1 is 1.40 bits per heavy atom. The van der Waals surface area contributed by atoms with Crippen LogP contribution in [-0.4, -0.2) is 25.9 Å². The molecule has 126 valence electrons. The number of aromatic nitrogens is 4. The zero-order valence-electron chi connectivity index (χ0n) is 13.6. The molecule has 0 saturated carbocycles. The number of thiophene rings is 1. The number of pyridine rings is 1. The first-order chi connectivity index (χ1) is 12.1. The third-order valence-electron chi connectivity index (χ3n) is 3.77. The van der Waals surface area contributed by atoms with Gasteiger partial charge < -0.3 is 9.26 Å². The number of fused-ring (bicyclic) bond motifs is 1. The van der Waals surface area contributed by atoms with E-state index in [1.165, 1.54) is 6.20 Å². The average Bonchev–Trinajstić information content (AvgIpc) is 3.34. The molecule has 0 aliphatic carbocycles. The number of aryl methyl sites for hydroxylation is 2.